The summed E-state index contributed by atoms with van der Waals surface area (Å²) < 4.78 is 0. The Morgan fingerprint density at radius 1 is 1.20 bits per heavy atom. The third kappa shape index (κ3) is 6.33. The number of nitrogens with zero attached hydrogens (tertiary/aromatic N) is 3. The fraction of sp³-hybridized carbons (Fsp3) is 0.650. The van der Waals surface area contributed by atoms with Gasteiger partial charge in [0.15, 0.2) is 5.96 Å². The van der Waals surface area contributed by atoms with Crippen LogP contribution in [0.5, 0.6) is 0 Å². The second-order valence-electron chi connectivity index (χ2n) is 7.48. The summed E-state index contributed by atoms with van der Waals surface area (Å²) in [6, 6.07) is 9.77. The van der Waals surface area contributed by atoms with E-state index in [9.17, 15) is 0 Å². The van der Waals surface area contributed by atoms with Crippen LogP contribution in [0.15, 0.2) is 29.3 Å². The van der Waals surface area contributed by atoms with Crippen LogP contribution in [0.2, 0.25) is 0 Å². The molecule has 5 heteroatoms. The van der Waals surface area contributed by atoms with Crippen molar-refractivity contribution < 1.29 is 0 Å². The number of aliphatic imine (C=N–C) groups is 1. The zero-order valence-corrected chi connectivity index (χ0v) is 16.5. The van der Waals surface area contributed by atoms with Gasteiger partial charge in [0.25, 0.3) is 0 Å². The third-order valence-corrected chi connectivity index (χ3v) is 4.88. The average molecular weight is 346 g/mol. The van der Waals surface area contributed by atoms with Crippen molar-refractivity contribution in [2.24, 2.45) is 4.99 Å². The molecule has 0 atom stereocenters. The molecule has 1 saturated heterocycles. The smallest absolute Gasteiger partial charge is 0.191 e. The molecule has 1 aliphatic heterocycles. The lowest BCUT2D eigenvalue weighted by molar-refractivity contribution is 0.167. The number of nitrogens with one attached hydrogen (secondary N) is 2. The Morgan fingerprint density at radius 3 is 2.40 bits per heavy atom. The number of benzene rings is 1. The Balaban J connectivity index is 1.85. The Bertz CT molecular complexity index is 545. The molecule has 0 aromatic heterocycles. The van der Waals surface area contributed by atoms with E-state index in [0.717, 1.165) is 32.1 Å². The van der Waals surface area contributed by atoms with Crippen molar-refractivity contribution in [2.75, 3.05) is 34.2 Å². The Kier molecular flexibility index (Phi) is 7.72. The fourth-order valence-electron chi connectivity index (χ4n) is 3.35. The van der Waals surface area contributed by atoms with Crippen LogP contribution in [0.1, 0.15) is 37.8 Å². The van der Waals surface area contributed by atoms with Gasteiger partial charge in [0.1, 0.15) is 0 Å². The van der Waals surface area contributed by atoms with Gasteiger partial charge >= 0.3 is 0 Å². The van der Waals surface area contributed by atoms with Crippen LogP contribution in [0, 0.1) is 0 Å². The first-order valence-electron chi connectivity index (χ1n) is 9.42. The molecule has 2 N–H and O–H groups in total. The van der Waals surface area contributed by atoms with Crippen LogP contribution in [0.25, 0.3) is 0 Å². The van der Waals surface area contributed by atoms with E-state index in [0.29, 0.717) is 12.1 Å². The van der Waals surface area contributed by atoms with Crippen molar-refractivity contribution in [1.29, 1.82) is 0 Å². The summed E-state index contributed by atoms with van der Waals surface area (Å²) in [6.07, 6.45) is 2.35. The predicted molar refractivity (Wildman–Crippen MR) is 107 cm³/mol. The van der Waals surface area contributed by atoms with E-state index in [1.54, 1.807) is 0 Å². The van der Waals surface area contributed by atoms with Crippen LogP contribution >= 0.6 is 0 Å². The highest BCUT2D eigenvalue weighted by atomic mass is 15.2. The number of guanidine groups is 1. The van der Waals surface area contributed by atoms with Crippen molar-refractivity contribution in [3.8, 4) is 0 Å². The number of hydrogen-bond donors (Lipinski definition) is 2. The number of piperidine rings is 1. The molecule has 0 bridgehead atoms. The molecule has 1 fully saturated rings. The lowest BCUT2D eigenvalue weighted by Crippen LogP contribution is -2.49. The van der Waals surface area contributed by atoms with E-state index in [1.807, 2.05) is 7.05 Å². The Labute approximate surface area is 153 Å². The van der Waals surface area contributed by atoms with Gasteiger partial charge in [0, 0.05) is 45.3 Å². The molecule has 0 amide bonds. The molecule has 5 nitrogen and oxygen atoms in total. The molecule has 1 aromatic rings. The van der Waals surface area contributed by atoms with E-state index < -0.39 is 0 Å². The molecule has 0 radical (unpaired) electrons. The van der Waals surface area contributed by atoms with E-state index in [4.69, 9.17) is 0 Å². The summed E-state index contributed by atoms with van der Waals surface area (Å²) in [7, 11) is 6.06. The summed E-state index contributed by atoms with van der Waals surface area (Å²) in [5.41, 5.74) is 2.69. The highest BCUT2D eigenvalue weighted by molar-refractivity contribution is 5.80. The van der Waals surface area contributed by atoms with E-state index in [1.165, 1.54) is 24.0 Å². The topological polar surface area (TPSA) is 42.9 Å². The second-order valence-corrected chi connectivity index (χ2v) is 7.48. The highest BCUT2D eigenvalue weighted by Crippen LogP contribution is 2.13. The van der Waals surface area contributed by atoms with E-state index in [-0.39, 0.29) is 0 Å². The SMILES string of the molecule is CN=C(NCc1ccccc1CN(C)C)NC1CCN(C(C)C)CC1. The minimum absolute atomic E-state index is 0.512. The van der Waals surface area contributed by atoms with Crippen molar-refractivity contribution in [3.63, 3.8) is 0 Å². The van der Waals surface area contributed by atoms with Gasteiger partial charge in [-0.05, 0) is 51.9 Å². The average Bonchev–Trinajstić information content (AvgIpc) is 2.59. The quantitative estimate of drug-likeness (QED) is 0.613. The molecule has 1 heterocycles. The van der Waals surface area contributed by atoms with Crippen LogP contribution in [-0.2, 0) is 13.1 Å². The minimum Gasteiger partial charge on any atom is -0.354 e. The first-order chi connectivity index (χ1) is 12.0. The molecule has 2 rings (SSSR count). The van der Waals surface area contributed by atoms with Crippen LogP contribution < -0.4 is 10.6 Å². The summed E-state index contributed by atoms with van der Waals surface area (Å²) in [6.45, 7) is 8.64. The molecular weight excluding hydrogens is 310 g/mol. The highest BCUT2D eigenvalue weighted by Gasteiger charge is 2.21. The molecule has 1 aromatic carbocycles. The van der Waals surface area contributed by atoms with Crippen LogP contribution in [0.4, 0.5) is 0 Å². The third-order valence-electron chi connectivity index (χ3n) is 4.88. The maximum absolute atomic E-state index is 4.41. The van der Waals surface area contributed by atoms with E-state index in [2.05, 4.69) is 77.6 Å². The van der Waals surface area contributed by atoms with Gasteiger partial charge in [-0.2, -0.15) is 0 Å². The van der Waals surface area contributed by atoms with Gasteiger partial charge in [-0.1, -0.05) is 24.3 Å². The van der Waals surface area contributed by atoms with Gasteiger partial charge < -0.3 is 20.4 Å². The molecule has 25 heavy (non-hydrogen) atoms. The molecule has 0 unspecified atom stereocenters. The Hall–Kier alpha value is -1.59. The maximum atomic E-state index is 4.41. The minimum atomic E-state index is 0.512. The normalized spacial score (nSPS) is 17.3. The molecule has 0 aliphatic carbocycles. The largest absolute Gasteiger partial charge is 0.354 e. The van der Waals surface area contributed by atoms with E-state index >= 15 is 0 Å². The van der Waals surface area contributed by atoms with Crippen LogP contribution in [-0.4, -0.2) is 62.1 Å². The molecular formula is C20H35N5. The summed E-state index contributed by atoms with van der Waals surface area (Å²) in [5.74, 6) is 0.905. The van der Waals surface area contributed by atoms with Crippen molar-refractivity contribution in [1.82, 2.24) is 20.4 Å². The lowest BCUT2D eigenvalue weighted by Gasteiger charge is -2.35. The lowest BCUT2D eigenvalue weighted by atomic mass is 10.0. The summed E-state index contributed by atoms with van der Waals surface area (Å²) >= 11 is 0. The van der Waals surface area contributed by atoms with Gasteiger partial charge in [-0.25, -0.2) is 0 Å². The number of hydrogen-bond acceptors (Lipinski definition) is 3. The first-order valence-corrected chi connectivity index (χ1v) is 9.42. The van der Waals surface area contributed by atoms with Gasteiger partial charge in [-0.15, -0.1) is 0 Å². The monoisotopic (exact) mass is 345 g/mol. The molecule has 0 spiro atoms. The molecule has 0 saturated carbocycles. The van der Waals surface area contributed by atoms with Gasteiger partial charge in [0.2, 0.25) is 0 Å². The van der Waals surface area contributed by atoms with Gasteiger partial charge in [-0.3, -0.25) is 4.99 Å². The molecule has 1 aliphatic rings. The summed E-state index contributed by atoms with van der Waals surface area (Å²) in [5, 5.41) is 7.08. The van der Waals surface area contributed by atoms with Gasteiger partial charge in [0.05, 0.1) is 0 Å². The standard InChI is InChI=1S/C20H35N5/c1-16(2)25-12-10-19(11-13-25)23-20(21-3)22-14-17-8-6-7-9-18(17)15-24(4)5/h6-9,16,19H,10-15H2,1-5H3,(H2,21,22,23). The second kappa shape index (κ2) is 9.78. The molecule has 140 valence electrons. The first kappa shape index (κ1) is 19.7. The fourth-order valence-corrected chi connectivity index (χ4v) is 3.35. The summed E-state index contributed by atoms with van der Waals surface area (Å²) in [4.78, 5) is 9.16. The van der Waals surface area contributed by atoms with Crippen molar-refractivity contribution >= 4 is 5.96 Å². The number of likely N-dealkylation sites (tertiary alicyclic amines) is 1. The zero-order valence-electron chi connectivity index (χ0n) is 16.5. The van der Waals surface area contributed by atoms with Crippen molar-refractivity contribution in [2.45, 2.75) is 51.9 Å². The zero-order chi connectivity index (χ0) is 18.2. The number of rotatable bonds is 6. The maximum Gasteiger partial charge on any atom is 0.191 e. The van der Waals surface area contributed by atoms with Crippen molar-refractivity contribution in [3.05, 3.63) is 35.4 Å². The predicted octanol–water partition coefficient (Wildman–Crippen LogP) is 2.29. The Morgan fingerprint density at radius 2 is 1.84 bits per heavy atom. The van der Waals surface area contributed by atoms with Crippen LogP contribution in [0.3, 0.4) is 0 Å².